The van der Waals surface area contributed by atoms with Crippen LogP contribution in [0, 0.1) is 11.0 Å². The van der Waals surface area contributed by atoms with Gasteiger partial charge in [0.1, 0.15) is 5.82 Å². The van der Waals surface area contributed by atoms with Crippen molar-refractivity contribution in [2.75, 3.05) is 0 Å². The topological polar surface area (TPSA) is 26.1 Å². The minimum absolute atomic E-state index is 0.227. The molecule has 0 bridgehead atoms. The van der Waals surface area contributed by atoms with Gasteiger partial charge in [-0.2, -0.15) is 4.74 Å². The molecule has 0 aliphatic rings. The van der Waals surface area contributed by atoms with E-state index >= 15 is 0 Å². The van der Waals surface area contributed by atoms with E-state index in [1.807, 2.05) is 0 Å². The summed E-state index contributed by atoms with van der Waals surface area (Å²) in [6.45, 7) is 0. The van der Waals surface area contributed by atoms with Crippen molar-refractivity contribution in [3.05, 3.63) is 70.1 Å². The zero-order chi connectivity index (χ0) is 12.3. The molecule has 2 rings (SSSR count). The Bertz CT molecular complexity index is 569. The summed E-state index contributed by atoms with van der Waals surface area (Å²) in [4.78, 5) is 0. The van der Waals surface area contributed by atoms with Gasteiger partial charge in [-0.1, -0.05) is 29.8 Å². The maximum Gasteiger partial charge on any atom is 0.219 e. The fourth-order valence-electron chi connectivity index (χ4n) is 1.39. The van der Waals surface area contributed by atoms with E-state index in [-0.39, 0.29) is 5.69 Å². The fraction of sp³-hybridized carbons (Fsp3) is 0. The molecular formula is C13H9ClFNO. The third-order valence-electron chi connectivity index (χ3n) is 2.22. The van der Waals surface area contributed by atoms with Crippen molar-refractivity contribution in [3.63, 3.8) is 0 Å². The quantitative estimate of drug-likeness (QED) is 0.345. The molecule has 0 aromatic heterocycles. The Morgan fingerprint density at radius 1 is 1.12 bits per heavy atom. The fourth-order valence-corrected chi connectivity index (χ4v) is 1.58. The number of hydrogen-bond donors (Lipinski definition) is 0. The first-order valence-electron chi connectivity index (χ1n) is 4.98. The van der Waals surface area contributed by atoms with Gasteiger partial charge in [0, 0.05) is 12.1 Å². The number of benzene rings is 2. The molecule has 0 amide bonds. The minimum Gasteiger partial charge on any atom is -0.618 e. The van der Waals surface area contributed by atoms with Crippen molar-refractivity contribution in [1.29, 1.82) is 0 Å². The smallest absolute Gasteiger partial charge is 0.219 e. The molecule has 2 aromatic carbocycles. The van der Waals surface area contributed by atoms with Crippen molar-refractivity contribution in [1.82, 2.24) is 0 Å². The molecular weight excluding hydrogens is 241 g/mol. The number of nitrogens with zero attached hydrogens (tertiary/aromatic N) is 1. The molecule has 0 fully saturated rings. The SMILES string of the molecule is [O-][N+](=Cc1ccccc1Cl)c1cccc(F)c1. The third kappa shape index (κ3) is 2.82. The zero-order valence-corrected chi connectivity index (χ0v) is 9.56. The Labute approximate surface area is 103 Å². The number of hydrogen-bond acceptors (Lipinski definition) is 1. The van der Waals surface area contributed by atoms with Gasteiger partial charge < -0.3 is 5.21 Å². The molecule has 0 atom stereocenters. The van der Waals surface area contributed by atoms with Gasteiger partial charge in [-0.15, -0.1) is 0 Å². The van der Waals surface area contributed by atoms with Gasteiger partial charge in [-0.25, -0.2) is 4.39 Å². The standard InChI is InChI=1S/C13H9ClFNO/c14-13-7-2-1-4-10(13)9-16(17)12-6-3-5-11(15)8-12/h1-9H. The summed E-state index contributed by atoms with van der Waals surface area (Å²) in [5.41, 5.74) is 0.818. The first-order valence-corrected chi connectivity index (χ1v) is 5.36. The van der Waals surface area contributed by atoms with Crippen LogP contribution in [0.4, 0.5) is 10.1 Å². The number of halogens is 2. The van der Waals surface area contributed by atoms with Crippen LogP contribution in [0.5, 0.6) is 0 Å². The van der Waals surface area contributed by atoms with Gasteiger partial charge in [0.25, 0.3) is 0 Å². The van der Waals surface area contributed by atoms with Crippen molar-refractivity contribution < 1.29 is 9.13 Å². The van der Waals surface area contributed by atoms with E-state index in [9.17, 15) is 9.60 Å². The Balaban J connectivity index is 2.38. The highest BCUT2D eigenvalue weighted by molar-refractivity contribution is 6.32. The molecule has 17 heavy (non-hydrogen) atoms. The summed E-state index contributed by atoms with van der Waals surface area (Å²) in [5.74, 6) is -0.448. The summed E-state index contributed by atoms with van der Waals surface area (Å²) in [6.07, 6.45) is 1.32. The van der Waals surface area contributed by atoms with Crippen LogP contribution >= 0.6 is 11.6 Å². The van der Waals surface area contributed by atoms with Gasteiger partial charge in [-0.05, 0) is 18.2 Å². The lowest BCUT2D eigenvalue weighted by atomic mass is 10.2. The lowest BCUT2D eigenvalue weighted by Gasteiger charge is -2.03. The second-order valence-electron chi connectivity index (χ2n) is 3.46. The van der Waals surface area contributed by atoms with Crippen LogP contribution in [-0.4, -0.2) is 11.0 Å². The monoisotopic (exact) mass is 249 g/mol. The minimum atomic E-state index is -0.448. The highest BCUT2D eigenvalue weighted by Crippen LogP contribution is 2.16. The highest BCUT2D eigenvalue weighted by Gasteiger charge is 2.05. The molecule has 0 heterocycles. The van der Waals surface area contributed by atoms with Crippen molar-refractivity contribution in [2.45, 2.75) is 0 Å². The van der Waals surface area contributed by atoms with Crippen LogP contribution in [0.1, 0.15) is 5.56 Å². The predicted octanol–water partition coefficient (Wildman–Crippen LogP) is 3.74. The summed E-state index contributed by atoms with van der Waals surface area (Å²) in [5, 5.41) is 12.2. The van der Waals surface area contributed by atoms with Gasteiger partial charge in [0.2, 0.25) is 5.69 Å². The second kappa shape index (κ2) is 4.97. The Kier molecular flexibility index (Phi) is 3.40. The van der Waals surface area contributed by atoms with Crippen LogP contribution in [0.3, 0.4) is 0 Å². The molecule has 2 nitrogen and oxygen atoms in total. The van der Waals surface area contributed by atoms with Crippen LogP contribution in [0.2, 0.25) is 5.02 Å². The average molecular weight is 250 g/mol. The molecule has 2 aromatic rings. The van der Waals surface area contributed by atoms with E-state index in [4.69, 9.17) is 11.6 Å². The normalized spacial score (nSPS) is 11.5. The molecule has 0 N–H and O–H groups in total. The molecule has 0 aliphatic carbocycles. The molecule has 0 unspecified atom stereocenters. The van der Waals surface area contributed by atoms with E-state index in [1.54, 1.807) is 24.3 Å². The molecule has 0 aliphatic heterocycles. The molecule has 86 valence electrons. The first-order chi connectivity index (χ1) is 8.16. The maximum absolute atomic E-state index is 12.9. The average Bonchev–Trinajstić information content (AvgIpc) is 2.32. The Morgan fingerprint density at radius 3 is 2.59 bits per heavy atom. The highest BCUT2D eigenvalue weighted by atomic mass is 35.5. The lowest BCUT2D eigenvalue weighted by Crippen LogP contribution is -1.99. The third-order valence-corrected chi connectivity index (χ3v) is 2.57. The van der Waals surface area contributed by atoms with Gasteiger partial charge in [0.15, 0.2) is 6.21 Å². The molecule has 0 spiro atoms. The van der Waals surface area contributed by atoms with Gasteiger partial charge in [0.05, 0.1) is 10.6 Å². The second-order valence-corrected chi connectivity index (χ2v) is 3.86. The van der Waals surface area contributed by atoms with Crippen LogP contribution in [-0.2, 0) is 0 Å². The van der Waals surface area contributed by atoms with Crippen LogP contribution in [0.15, 0.2) is 48.5 Å². The van der Waals surface area contributed by atoms with Gasteiger partial charge >= 0.3 is 0 Å². The van der Waals surface area contributed by atoms with Crippen molar-refractivity contribution >= 4 is 23.5 Å². The van der Waals surface area contributed by atoms with Crippen molar-refractivity contribution in [3.8, 4) is 0 Å². The van der Waals surface area contributed by atoms with E-state index in [1.165, 1.54) is 30.5 Å². The van der Waals surface area contributed by atoms with E-state index in [0.29, 0.717) is 15.3 Å². The molecule has 4 heteroatoms. The zero-order valence-electron chi connectivity index (χ0n) is 8.81. The molecule has 0 radical (unpaired) electrons. The summed E-state index contributed by atoms with van der Waals surface area (Å²) in [7, 11) is 0. The van der Waals surface area contributed by atoms with E-state index < -0.39 is 5.82 Å². The summed E-state index contributed by atoms with van der Waals surface area (Å²) in [6, 6.07) is 12.4. The van der Waals surface area contributed by atoms with Crippen LogP contribution in [0.25, 0.3) is 0 Å². The van der Waals surface area contributed by atoms with Gasteiger partial charge in [-0.3, -0.25) is 0 Å². The molecule has 0 saturated heterocycles. The Morgan fingerprint density at radius 2 is 1.88 bits per heavy atom. The van der Waals surface area contributed by atoms with Crippen molar-refractivity contribution in [2.24, 2.45) is 0 Å². The number of rotatable bonds is 2. The maximum atomic E-state index is 12.9. The van der Waals surface area contributed by atoms with Crippen LogP contribution < -0.4 is 0 Å². The Hall–Kier alpha value is -1.87. The summed E-state index contributed by atoms with van der Waals surface area (Å²) >= 11 is 5.92. The van der Waals surface area contributed by atoms with E-state index in [0.717, 1.165) is 0 Å². The molecule has 0 saturated carbocycles. The lowest BCUT2D eigenvalue weighted by molar-refractivity contribution is -0.354. The predicted molar refractivity (Wildman–Crippen MR) is 66.3 cm³/mol. The largest absolute Gasteiger partial charge is 0.618 e. The summed E-state index contributed by atoms with van der Waals surface area (Å²) < 4.78 is 13.5. The van der Waals surface area contributed by atoms with E-state index in [2.05, 4.69) is 0 Å². The first kappa shape index (κ1) is 11.6.